The highest BCUT2D eigenvalue weighted by atomic mass is 32.1. The number of nitrogens with zero attached hydrogens (tertiary/aromatic N) is 2. The number of carbonyl (C=O) groups excluding carboxylic acids is 2. The number of aliphatic hydroxyl groups is 2. The van der Waals surface area contributed by atoms with Crippen molar-refractivity contribution in [3.05, 3.63) is 34.8 Å². The lowest BCUT2D eigenvalue weighted by Crippen LogP contribution is -2.57. The Kier molecular flexibility index (Phi) is 7.38. The number of urea groups is 1. The van der Waals surface area contributed by atoms with Gasteiger partial charge in [0, 0.05) is 47.5 Å². The van der Waals surface area contributed by atoms with Gasteiger partial charge in [0.2, 0.25) is 5.91 Å². The number of morpholine rings is 1. The van der Waals surface area contributed by atoms with E-state index in [4.69, 9.17) is 9.72 Å². The molecule has 2 fully saturated rings. The van der Waals surface area contributed by atoms with Crippen molar-refractivity contribution in [2.24, 2.45) is 16.7 Å². The van der Waals surface area contributed by atoms with Crippen LogP contribution >= 0.6 is 11.3 Å². The summed E-state index contributed by atoms with van der Waals surface area (Å²) in [7, 11) is 0. The number of hydrogen-bond acceptors (Lipinski definition) is 8. The molecule has 5 unspecified atom stereocenters. The van der Waals surface area contributed by atoms with Crippen molar-refractivity contribution < 1.29 is 29.6 Å². The molecule has 206 valence electrons. The molecule has 5 N–H and O–H groups in total. The minimum absolute atomic E-state index is 0.0647. The van der Waals surface area contributed by atoms with Crippen molar-refractivity contribution in [3.63, 3.8) is 0 Å². The first-order chi connectivity index (χ1) is 18.1. The standard InChI is InChI=1S/C27H36N4O6S/c1-26-7-6-21(34)27(2,15-32)20(26)14-19-23(18(26)13-22(35)28-16-4-3-5-17(33)12-16)29-24(38-19)30-25(36)31-8-10-37-11-9-31/h3-5,12,18,20-21,32-34H,6-11,13-15H2,1-2H3,(H,28,35)(H,29,30,36). The van der Waals surface area contributed by atoms with Crippen LogP contribution < -0.4 is 10.6 Å². The third-order valence-electron chi connectivity index (χ3n) is 8.93. The van der Waals surface area contributed by atoms with Gasteiger partial charge in [0.25, 0.3) is 0 Å². The average molecular weight is 545 g/mol. The molecule has 1 aromatic carbocycles. The Morgan fingerprint density at radius 3 is 2.71 bits per heavy atom. The molecule has 1 saturated heterocycles. The van der Waals surface area contributed by atoms with E-state index in [0.717, 1.165) is 10.6 Å². The minimum Gasteiger partial charge on any atom is -0.508 e. The molecular weight excluding hydrogens is 508 g/mol. The van der Waals surface area contributed by atoms with E-state index >= 15 is 0 Å². The number of carbonyl (C=O) groups is 2. The van der Waals surface area contributed by atoms with Gasteiger partial charge in [-0.25, -0.2) is 9.78 Å². The molecule has 5 rings (SSSR count). The summed E-state index contributed by atoms with van der Waals surface area (Å²) in [5.41, 5.74) is 0.170. The highest BCUT2D eigenvalue weighted by Crippen LogP contribution is 2.62. The van der Waals surface area contributed by atoms with Crippen LogP contribution in [0.4, 0.5) is 15.6 Å². The first-order valence-corrected chi connectivity index (χ1v) is 14.0. The number of anilines is 2. The number of aromatic nitrogens is 1. The van der Waals surface area contributed by atoms with Crippen molar-refractivity contribution in [2.45, 2.75) is 51.6 Å². The fourth-order valence-corrected chi connectivity index (χ4v) is 7.68. The molecule has 2 heterocycles. The second-order valence-corrected chi connectivity index (χ2v) is 12.3. The van der Waals surface area contributed by atoms with Crippen LogP contribution in [0.3, 0.4) is 0 Å². The van der Waals surface area contributed by atoms with E-state index in [-0.39, 0.29) is 42.6 Å². The fourth-order valence-electron chi connectivity index (χ4n) is 6.62. The van der Waals surface area contributed by atoms with Gasteiger partial charge in [-0.1, -0.05) is 19.9 Å². The lowest BCUT2D eigenvalue weighted by molar-refractivity contribution is -0.143. The number of fused-ring (bicyclic) bond motifs is 2. The molecule has 11 heteroatoms. The monoisotopic (exact) mass is 544 g/mol. The number of nitrogens with one attached hydrogen (secondary N) is 2. The zero-order chi connectivity index (χ0) is 27.1. The second kappa shape index (κ2) is 10.4. The Bertz CT molecular complexity index is 1200. The number of benzene rings is 1. The molecule has 0 radical (unpaired) electrons. The zero-order valence-electron chi connectivity index (χ0n) is 21.8. The zero-order valence-corrected chi connectivity index (χ0v) is 22.6. The number of aliphatic hydroxyl groups excluding tert-OH is 2. The van der Waals surface area contributed by atoms with Crippen molar-refractivity contribution in [3.8, 4) is 5.75 Å². The Balaban J connectivity index is 1.46. The third-order valence-corrected chi connectivity index (χ3v) is 9.93. The number of rotatable bonds is 5. The first kappa shape index (κ1) is 26.9. The van der Waals surface area contributed by atoms with Crippen molar-refractivity contribution >= 4 is 34.1 Å². The molecule has 38 heavy (non-hydrogen) atoms. The van der Waals surface area contributed by atoms with Crippen LogP contribution in [-0.2, 0) is 16.0 Å². The third kappa shape index (κ3) is 4.88. The second-order valence-electron chi connectivity index (χ2n) is 11.2. The number of phenolic OH excluding ortho intramolecular Hbond substituents is 1. The van der Waals surface area contributed by atoms with E-state index in [2.05, 4.69) is 17.6 Å². The smallest absolute Gasteiger partial charge is 0.323 e. The van der Waals surface area contributed by atoms with E-state index in [1.54, 1.807) is 23.1 Å². The SMILES string of the molecule is CC1(CO)C(O)CCC2(C)C(CC(=O)Nc3cccc(O)c3)c3nc(NC(=O)N4CCOCC4)sc3CC12. The quantitative estimate of drug-likeness (QED) is 0.389. The van der Waals surface area contributed by atoms with E-state index in [1.165, 1.54) is 17.4 Å². The van der Waals surface area contributed by atoms with E-state index in [1.807, 2.05) is 6.92 Å². The van der Waals surface area contributed by atoms with Crippen LogP contribution in [0.1, 0.15) is 49.6 Å². The van der Waals surface area contributed by atoms with Gasteiger partial charge in [-0.05, 0) is 42.7 Å². The van der Waals surface area contributed by atoms with Gasteiger partial charge in [-0.15, -0.1) is 11.3 Å². The summed E-state index contributed by atoms with van der Waals surface area (Å²) in [5, 5.41) is 37.5. The van der Waals surface area contributed by atoms with Gasteiger partial charge >= 0.3 is 6.03 Å². The summed E-state index contributed by atoms with van der Waals surface area (Å²) < 4.78 is 5.34. The lowest BCUT2D eigenvalue weighted by atomic mass is 9.47. The number of hydrogen-bond donors (Lipinski definition) is 5. The number of ether oxygens (including phenoxy) is 1. The number of thiazole rings is 1. The minimum atomic E-state index is -0.730. The highest BCUT2D eigenvalue weighted by Gasteiger charge is 2.59. The van der Waals surface area contributed by atoms with Crippen LogP contribution in [0.5, 0.6) is 5.75 Å². The fraction of sp³-hybridized carbons (Fsp3) is 0.593. The van der Waals surface area contributed by atoms with Gasteiger partial charge in [0.1, 0.15) is 5.75 Å². The van der Waals surface area contributed by atoms with Crippen LogP contribution in [0.15, 0.2) is 24.3 Å². The molecule has 0 spiro atoms. The van der Waals surface area contributed by atoms with Gasteiger partial charge in [0.05, 0.1) is 31.6 Å². The summed E-state index contributed by atoms with van der Waals surface area (Å²) >= 11 is 1.40. The topological polar surface area (TPSA) is 144 Å². The molecule has 10 nitrogen and oxygen atoms in total. The Morgan fingerprint density at radius 2 is 2.00 bits per heavy atom. The van der Waals surface area contributed by atoms with Crippen LogP contribution in [-0.4, -0.2) is 76.2 Å². The Hall–Kier alpha value is -2.73. The maximum Gasteiger partial charge on any atom is 0.323 e. The highest BCUT2D eigenvalue weighted by molar-refractivity contribution is 7.15. The number of amides is 3. The van der Waals surface area contributed by atoms with Crippen LogP contribution in [0.2, 0.25) is 0 Å². The van der Waals surface area contributed by atoms with Crippen molar-refractivity contribution in [2.75, 3.05) is 43.5 Å². The molecule has 3 aliphatic rings. The number of phenols is 1. The van der Waals surface area contributed by atoms with Gasteiger partial charge < -0.3 is 30.3 Å². The lowest BCUT2D eigenvalue weighted by Gasteiger charge is -2.58. The summed E-state index contributed by atoms with van der Waals surface area (Å²) in [4.78, 5) is 33.7. The maximum atomic E-state index is 13.3. The van der Waals surface area contributed by atoms with E-state index < -0.39 is 16.9 Å². The molecule has 5 atom stereocenters. The molecular formula is C27H36N4O6S. The van der Waals surface area contributed by atoms with Gasteiger partial charge in [-0.2, -0.15) is 0 Å². The summed E-state index contributed by atoms with van der Waals surface area (Å²) in [6, 6.07) is 6.20. The number of aromatic hydroxyl groups is 1. The Labute approximate surface area is 226 Å². The molecule has 1 saturated carbocycles. The first-order valence-electron chi connectivity index (χ1n) is 13.1. The predicted molar refractivity (Wildman–Crippen MR) is 143 cm³/mol. The maximum absolute atomic E-state index is 13.3. The molecule has 2 aromatic rings. The van der Waals surface area contributed by atoms with E-state index in [0.29, 0.717) is 56.4 Å². The molecule has 2 aliphatic carbocycles. The molecule has 0 bridgehead atoms. The van der Waals surface area contributed by atoms with Crippen LogP contribution in [0, 0.1) is 16.7 Å². The average Bonchev–Trinajstić information content (AvgIpc) is 3.30. The Morgan fingerprint density at radius 1 is 1.24 bits per heavy atom. The van der Waals surface area contributed by atoms with Gasteiger partial charge in [-0.3, -0.25) is 10.1 Å². The van der Waals surface area contributed by atoms with Crippen molar-refractivity contribution in [1.29, 1.82) is 0 Å². The normalized spacial score (nSPS) is 30.7. The molecule has 3 amide bonds. The largest absolute Gasteiger partial charge is 0.508 e. The van der Waals surface area contributed by atoms with Crippen LogP contribution in [0.25, 0.3) is 0 Å². The summed E-state index contributed by atoms with van der Waals surface area (Å²) in [5.74, 6) is -0.512. The van der Waals surface area contributed by atoms with E-state index in [9.17, 15) is 24.9 Å². The van der Waals surface area contributed by atoms with Crippen molar-refractivity contribution in [1.82, 2.24) is 9.88 Å². The summed E-state index contributed by atoms with van der Waals surface area (Å²) in [6.07, 6.45) is 1.31. The molecule has 1 aliphatic heterocycles. The predicted octanol–water partition coefficient (Wildman–Crippen LogP) is 3.16. The summed E-state index contributed by atoms with van der Waals surface area (Å²) in [6.45, 7) is 5.93. The van der Waals surface area contributed by atoms with Gasteiger partial charge in [0.15, 0.2) is 5.13 Å². The molecule has 1 aromatic heterocycles.